The molecule has 0 atom stereocenters. The van der Waals surface area contributed by atoms with Crippen LogP contribution in [0.15, 0.2) is 26.7 Å². The van der Waals surface area contributed by atoms with Gasteiger partial charge in [-0.3, -0.25) is 14.8 Å². The first-order chi connectivity index (χ1) is 11.3. The number of aromatic amines is 2. The number of pyridine rings is 1. The van der Waals surface area contributed by atoms with Gasteiger partial charge in [0.05, 0.1) is 5.39 Å². The van der Waals surface area contributed by atoms with Crippen LogP contribution < -0.4 is 21.3 Å². The maximum absolute atomic E-state index is 12.5. The molecule has 4 N–H and O–H groups in total. The Bertz CT molecular complexity index is 979. The van der Waals surface area contributed by atoms with Gasteiger partial charge in [0, 0.05) is 12.7 Å². The molecule has 0 unspecified atom stereocenters. The molecule has 1 fully saturated rings. The summed E-state index contributed by atoms with van der Waals surface area (Å²) in [5, 5.41) is 3.26. The number of hydrogen-bond donors (Lipinski definition) is 4. The van der Waals surface area contributed by atoms with Gasteiger partial charge in [-0.2, -0.15) is 0 Å². The summed E-state index contributed by atoms with van der Waals surface area (Å²) in [6.45, 7) is 4.08. The summed E-state index contributed by atoms with van der Waals surface area (Å²) in [6.07, 6.45) is 2.89. The average molecular weight is 390 g/mol. The molecular formula is C14H20ClN5O4S. The lowest BCUT2D eigenvalue weighted by Crippen LogP contribution is -2.42. The molecule has 11 heteroatoms. The van der Waals surface area contributed by atoms with Crippen LogP contribution in [-0.4, -0.2) is 43.0 Å². The highest BCUT2D eigenvalue weighted by atomic mass is 35.5. The Labute approximate surface area is 150 Å². The Kier molecular flexibility index (Phi) is 5.67. The van der Waals surface area contributed by atoms with E-state index in [4.69, 9.17) is 0 Å². The van der Waals surface area contributed by atoms with Crippen molar-refractivity contribution in [3.63, 3.8) is 0 Å². The van der Waals surface area contributed by atoms with Gasteiger partial charge in [0.25, 0.3) is 5.56 Å². The zero-order valence-corrected chi connectivity index (χ0v) is 15.2. The molecule has 0 aliphatic carbocycles. The molecule has 2 aromatic rings. The van der Waals surface area contributed by atoms with Crippen LogP contribution in [0.3, 0.4) is 0 Å². The van der Waals surface area contributed by atoms with E-state index < -0.39 is 21.3 Å². The first-order valence-corrected chi connectivity index (χ1v) is 9.10. The quantitative estimate of drug-likeness (QED) is 0.566. The van der Waals surface area contributed by atoms with E-state index in [-0.39, 0.29) is 33.8 Å². The second-order valence-electron chi connectivity index (χ2n) is 6.36. The zero-order valence-electron chi connectivity index (χ0n) is 13.6. The number of aromatic nitrogens is 3. The van der Waals surface area contributed by atoms with E-state index in [1.54, 1.807) is 0 Å². The third kappa shape index (κ3) is 4.27. The van der Waals surface area contributed by atoms with Crippen molar-refractivity contribution >= 4 is 33.5 Å². The molecule has 1 aliphatic rings. The normalized spacial score (nSPS) is 17.2. The first-order valence-electron chi connectivity index (χ1n) is 7.62. The van der Waals surface area contributed by atoms with Gasteiger partial charge in [0.15, 0.2) is 0 Å². The summed E-state index contributed by atoms with van der Waals surface area (Å²) in [5.41, 5.74) is -1.42. The molecule has 0 aromatic carbocycles. The van der Waals surface area contributed by atoms with E-state index in [9.17, 15) is 18.0 Å². The standard InChI is InChI=1S/C14H19N5O4S.ClH/c1-14(2-4-15-5-3-14)8-17-24(22,23)9-6-10-11(16-7-9)18-13(21)19-12(10)20;/h6-7,15,17H,2-5,8H2,1H3,(H2,16,18,19,20,21);1H. The second-order valence-corrected chi connectivity index (χ2v) is 8.13. The van der Waals surface area contributed by atoms with Crippen molar-refractivity contribution in [2.45, 2.75) is 24.7 Å². The lowest BCUT2D eigenvalue weighted by molar-refractivity contribution is 0.232. The van der Waals surface area contributed by atoms with Crippen LogP contribution in [0.2, 0.25) is 0 Å². The minimum atomic E-state index is -3.79. The van der Waals surface area contributed by atoms with E-state index >= 15 is 0 Å². The van der Waals surface area contributed by atoms with Gasteiger partial charge < -0.3 is 5.32 Å². The number of halogens is 1. The Morgan fingerprint density at radius 2 is 1.92 bits per heavy atom. The second kappa shape index (κ2) is 7.24. The maximum atomic E-state index is 12.5. The number of hydrogen-bond acceptors (Lipinski definition) is 6. The number of sulfonamides is 1. The Morgan fingerprint density at radius 1 is 1.24 bits per heavy atom. The van der Waals surface area contributed by atoms with Gasteiger partial charge in [-0.05, 0) is 37.4 Å². The van der Waals surface area contributed by atoms with Crippen molar-refractivity contribution in [2.75, 3.05) is 19.6 Å². The topological polar surface area (TPSA) is 137 Å². The highest BCUT2D eigenvalue weighted by molar-refractivity contribution is 7.89. The summed E-state index contributed by atoms with van der Waals surface area (Å²) >= 11 is 0. The van der Waals surface area contributed by atoms with Crippen LogP contribution in [0.5, 0.6) is 0 Å². The fourth-order valence-corrected chi connectivity index (χ4v) is 3.90. The SMILES string of the molecule is CC1(CNS(=O)(=O)c2cnc3[nH]c(=O)[nH]c(=O)c3c2)CCNCC1.Cl. The van der Waals surface area contributed by atoms with E-state index in [1.165, 1.54) is 6.07 Å². The van der Waals surface area contributed by atoms with Gasteiger partial charge in [0.2, 0.25) is 10.0 Å². The van der Waals surface area contributed by atoms with E-state index in [0.29, 0.717) is 6.54 Å². The number of rotatable bonds is 4. The van der Waals surface area contributed by atoms with Gasteiger partial charge in [0.1, 0.15) is 10.5 Å². The molecule has 3 heterocycles. The molecule has 1 aliphatic heterocycles. The molecule has 1 saturated heterocycles. The van der Waals surface area contributed by atoms with E-state index in [0.717, 1.165) is 32.1 Å². The predicted molar refractivity (Wildman–Crippen MR) is 95.6 cm³/mol. The third-order valence-corrected chi connectivity index (χ3v) is 5.74. The van der Waals surface area contributed by atoms with Gasteiger partial charge in [-0.15, -0.1) is 12.4 Å². The molecule has 138 valence electrons. The zero-order chi connectivity index (χ0) is 17.4. The van der Waals surface area contributed by atoms with Crippen LogP contribution >= 0.6 is 12.4 Å². The molecule has 25 heavy (non-hydrogen) atoms. The van der Waals surface area contributed by atoms with E-state index in [1.807, 2.05) is 6.92 Å². The molecule has 0 radical (unpaired) electrons. The lowest BCUT2D eigenvalue weighted by Gasteiger charge is -2.34. The van der Waals surface area contributed by atoms with Crippen LogP contribution in [0.4, 0.5) is 0 Å². The highest BCUT2D eigenvalue weighted by Gasteiger charge is 2.29. The van der Waals surface area contributed by atoms with Crippen molar-refractivity contribution in [3.05, 3.63) is 33.1 Å². The summed E-state index contributed by atoms with van der Waals surface area (Å²) in [5.74, 6) is 0. The predicted octanol–water partition coefficient (Wildman–Crippen LogP) is -0.299. The number of fused-ring (bicyclic) bond motifs is 1. The molecule has 3 rings (SSSR count). The van der Waals surface area contributed by atoms with Gasteiger partial charge >= 0.3 is 5.69 Å². The Balaban J connectivity index is 0.00000225. The maximum Gasteiger partial charge on any atom is 0.327 e. The summed E-state index contributed by atoms with van der Waals surface area (Å²) in [4.78, 5) is 31.2. The minimum Gasteiger partial charge on any atom is -0.317 e. The summed E-state index contributed by atoms with van der Waals surface area (Å²) in [6, 6.07) is 1.21. The van der Waals surface area contributed by atoms with Crippen LogP contribution in [-0.2, 0) is 10.0 Å². The molecule has 9 nitrogen and oxygen atoms in total. The van der Waals surface area contributed by atoms with Gasteiger partial charge in [-0.1, -0.05) is 6.92 Å². The van der Waals surface area contributed by atoms with Crippen LogP contribution in [0.25, 0.3) is 11.0 Å². The third-order valence-electron chi connectivity index (χ3n) is 4.38. The fraction of sp³-hybridized carbons (Fsp3) is 0.500. The minimum absolute atomic E-state index is 0. The van der Waals surface area contributed by atoms with Crippen molar-refractivity contribution in [1.29, 1.82) is 0 Å². The largest absolute Gasteiger partial charge is 0.327 e. The molecular weight excluding hydrogens is 370 g/mol. The van der Waals surface area contributed by atoms with Crippen molar-refractivity contribution in [3.8, 4) is 0 Å². The Hall–Kier alpha value is -1.75. The smallest absolute Gasteiger partial charge is 0.317 e. The summed E-state index contributed by atoms with van der Waals surface area (Å²) in [7, 11) is -3.79. The van der Waals surface area contributed by atoms with Crippen LogP contribution in [0, 0.1) is 5.41 Å². The van der Waals surface area contributed by atoms with Gasteiger partial charge in [-0.25, -0.2) is 22.9 Å². The first kappa shape index (κ1) is 19.6. The van der Waals surface area contributed by atoms with Crippen LogP contribution in [0.1, 0.15) is 19.8 Å². The molecule has 2 aromatic heterocycles. The molecule has 0 spiro atoms. The number of nitrogens with zero attached hydrogens (tertiary/aromatic N) is 1. The van der Waals surface area contributed by atoms with E-state index in [2.05, 4.69) is 25.0 Å². The highest BCUT2D eigenvalue weighted by Crippen LogP contribution is 2.27. The van der Waals surface area contributed by atoms with Crippen molar-refractivity contribution in [2.24, 2.45) is 5.41 Å². The average Bonchev–Trinajstić information content (AvgIpc) is 2.53. The molecule has 0 bridgehead atoms. The molecule has 0 amide bonds. The monoisotopic (exact) mass is 389 g/mol. The lowest BCUT2D eigenvalue weighted by atomic mass is 9.81. The summed E-state index contributed by atoms with van der Waals surface area (Å²) < 4.78 is 27.6. The van der Waals surface area contributed by atoms with Crippen molar-refractivity contribution in [1.82, 2.24) is 25.0 Å². The molecule has 0 saturated carbocycles. The number of piperidine rings is 1. The fourth-order valence-electron chi connectivity index (χ4n) is 2.73. The number of nitrogens with one attached hydrogen (secondary N) is 4. The Morgan fingerprint density at radius 3 is 2.60 bits per heavy atom. The number of H-pyrrole nitrogens is 2. The van der Waals surface area contributed by atoms with Crippen molar-refractivity contribution < 1.29 is 8.42 Å².